The minimum Gasteiger partial charge on any atom is -0.497 e. The number of nitrogens with one attached hydrogen (secondary N) is 1. The molecule has 1 fully saturated rings. The molecule has 0 radical (unpaired) electrons. The van der Waals surface area contributed by atoms with E-state index in [1.165, 1.54) is 18.4 Å². The molecule has 0 bridgehead atoms. The summed E-state index contributed by atoms with van der Waals surface area (Å²) >= 11 is 0. The summed E-state index contributed by atoms with van der Waals surface area (Å²) in [6.07, 6.45) is 3.48. The Morgan fingerprint density at radius 1 is 1.26 bits per heavy atom. The summed E-state index contributed by atoms with van der Waals surface area (Å²) in [5, 5.41) is 3.70. The lowest BCUT2D eigenvalue weighted by atomic mass is 9.98. The topological polar surface area (TPSA) is 30.5 Å². The lowest BCUT2D eigenvalue weighted by Gasteiger charge is -2.25. The highest BCUT2D eigenvalue weighted by Crippen LogP contribution is 2.21. The van der Waals surface area contributed by atoms with Crippen molar-refractivity contribution in [1.29, 1.82) is 0 Å². The summed E-state index contributed by atoms with van der Waals surface area (Å²) in [6.45, 7) is 5.16. The Hall–Kier alpha value is -1.06. The molecule has 1 N–H and O–H groups in total. The van der Waals surface area contributed by atoms with Gasteiger partial charge in [-0.3, -0.25) is 0 Å². The van der Waals surface area contributed by atoms with Crippen LogP contribution in [-0.2, 0) is 4.74 Å². The SMILES string of the molecule is CCC(NCC1CCOCC1)c1ccc(OC)cc1. The third-order valence-corrected chi connectivity index (χ3v) is 3.92. The van der Waals surface area contributed by atoms with Gasteiger partial charge in [-0.1, -0.05) is 19.1 Å². The van der Waals surface area contributed by atoms with Crippen LogP contribution in [0.15, 0.2) is 24.3 Å². The van der Waals surface area contributed by atoms with Crippen LogP contribution in [-0.4, -0.2) is 26.9 Å². The Kier molecular flexibility index (Phi) is 5.67. The second-order valence-electron chi connectivity index (χ2n) is 5.20. The molecule has 1 aromatic carbocycles. The fourth-order valence-corrected chi connectivity index (χ4v) is 2.59. The molecular weight excluding hydrogens is 238 g/mol. The van der Waals surface area contributed by atoms with E-state index in [0.29, 0.717) is 6.04 Å². The van der Waals surface area contributed by atoms with E-state index in [0.717, 1.165) is 37.8 Å². The fraction of sp³-hybridized carbons (Fsp3) is 0.625. The van der Waals surface area contributed by atoms with Gasteiger partial charge in [-0.05, 0) is 49.4 Å². The van der Waals surface area contributed by atoms with E-state index in [-0.39, 0.29) is 0 Å². The molecule has 3 heteroatoms. The van der Waals surface area contributed by atoms with Crippen LogP contribution in [0.4, 0.5) is 0 Å². The predicted octanol–water partition coefficient (Wildman–Crippen LogP) is 3.16. The molecule has 106 valence electrons. The van der Waals surface area contributed by atoms with Crippen molar-refractivity contribution in [3.63, 3.8) is 0 Å². The highest BCUT2D eigenvalue weighted by molar-refractivity contribution is 5.29. The maximum absolute atomic E-state index is 5.40. The van der Waals surface area contributed by atoms with Crippen molar-refractivity contribution >= 4 is 0 Å². The van der Waals surface area contributed by atoms with Crippen LogP contribution in [0.25, 0.3) is 0 Å². The van der Waals surface area contributed by atoms with Crippen molar-refractivity contribution in [3.05, 3.63) is 29.8 Å². The first-order valence-electron chi connectivity index (χ1n) is 7.28. The Morgan fingerprint density at radius 3 is 2.53 bits per heavy atom. The van der Waals surface area contributed by atoms with E-state index in [4.69, 9.17) is 9.47 Å². The van der Waals surface area contributed by atoms with Crippen molar-refractivity contribution in [2.75, 3.05) is 26.9 Å². The second-order valence-corrected chi connectivity index (χ2v) is 5.20. The Labute approximate surface area is 116 Å². The third-order valence-electron chi connectivity index (χ3n) is 3.92. The molecule has 19 heavy (non-hydrogen) atoms. The number of methoxy groups -OCH3 is 1. The largest absolute Gasteiger partial charge is 0.497 e. The maximum atomic E-state index is 5.40. The number of rotatable bonds is 6. The minimum absolute atomic E-state index is 0.439. The van der Waals surface area contributed by atoms with Crippen LogP contribution in [0.3, 0.4) is 0 Å². The molecular formula is C16H25NO2. The van der Waals surface area contributed by atoms with E-state index in [1.807, 2.05) is 12.1 Å². The van der Waals surface area contributed by atoms with Gasteiger partial charge in [-0.25, -0.2) is 0 Å². The average molecular weight is 263 g/mol. The molecule has 1 saturated heterocycles. The Balaban J connectivity index is 1.87. The van der Waals surface area contributed by atoms with Crippen LogP contribution in [0.5, 0.6) is 5.75 Å². The smallest absolute Gasteiger partial charge is 0.118 e. The lowest BCUT2D eigenvalue weighted by Crippen LogP contribution is -2.30. The molecule has 1 heterocycles. The summed E-state index contributed by atoms with van der Waals surface area (Å²) in [5.41, 5.74) is 1.34. The van der Waals surface area contributed by atoms with Crippen molar-refractivity contribution in [2.24, 2.45) is 5.92 Å². The van der Waals surface area contributed by atoms with Crippen LogP contribution in [0.1, 0.15) is 37.8 Å². The van der Waals surface area contributed by atoms with Crippen molar-refractivity contribution in [2.45, 2.75) is 32.2 Å². The number of benzene rings is 1. The molecule has 0 spiro atoms. The van der Waals surface area contributed by atoms with Gasteiger partial charge >= 0.3 is 0 Å². The van der Waals surface area contributed by atoms with Gasteiger partial charge in [-0.15, -0.1) is 0 Å². The van der Waals surface area contributed by atoms with Crippen LogP contribution < -0.4 is 10.1 Å². The molecule has 0 aromatic heterocycles. The normalized spacial score (nSPS) is 18.2. The Bertz CT molecular complexity index is 358. The summed E-state index contributed by atoms with van der Waals surface area (Å²) in [5.74, 6) is 1.68. The molecule has 1 aliphatic rings. The second kappa shape index (κ2) is 7.51. The number of hydrogen-bond donors (Lipinski definition) is 1. The molecule has 2 rings (SSSR count). The highest BCUT2D eigenvalue weighted by Gasteiger charge is 2.16. The third kappa shape index (κ3) is 4.22. The number of hydrogen-bond acceptors (Lipinski definition) is 3. The summed E-state index contributed by atoms with van der Waals surface area (Å²) in [6, 6.07) is 8.82. The summed E-state index contributed by atoms with van der Waals surface area (Å²) < 4.78 is 10.6. The first kappa shape index (κ1) is 14.4. The minimum atomic E-state index is 0.439. The maximum Gasteiger partial charge on any atom is 0.118 e. The fourth-order valence-electron chi connectivity index (χ4n) is 2.59. The standard InChI is InChI=1S/C16H25NO2/c1-3-16(14-4-6-15(18-2)7-5-14)17-12-13-8-10-19-11-9-13/h4-7,13,16-17H,3,8-12H2,1-2H3. The summed E-state index contributed by atoms with van der Waals surface area (Å²) in [4.78, 5) is 0. The molecule has 0 saturated carbocycles. The molecule has 0 amide bonds. The van der Waals surface area contributed by atoms with Gasteiger partial charge < -0.3 is 14.8 Å². The zero-order chi connectivity index (χ0) is 13.5. The molecule has 1 unspecified atom stereocenters. The van der Waals surface area contributed by atoms with Crippen molar-refractivity contribution < 1.29 is 9.47 Å². The van der Waals surface area contributed by atoms with Crippen molar-refractivity contribution in [1.82, 2.24) is 5.32 Å². The van der Waals surface area contributed by atoms with Crippen LogP contribution in [0, 0.1) is 5.92 Å². The zero-order valence-electron chi connectivity index (χ0n) is 12.0. The zero-order valence-corrected chi connectivity index (χ0v) is 12.0. The van der Waals surface area contributed by atoms with Crippen LogP contribution >= 0.6 is 0 Å². The first-order valence-corrected chi connectivity index (χ1v) is 7.28. The summed E-state index contributed by atoms with van der Waals surface area (Å²) in [7, 11) is 1.70. The van der Waals surface area contributed by atoms with Gasteiger partial charge in [0, 0.05) is 19.3 Å². The molecule has 1 atom stereocenters. The average Bonchev–Trinajstić information content (AvgIpc) is 2.49. The molecule has 0 aliphatic carbocycles. The Morgan fingerprint density at radius 2 is 1.95 bits per heavy atom. The van der Waals surface area contributed by atoms with Gasteiger partial charge in [0.15, 0.2) is 0 Å². The monoisotopic (exact) mass is 263 g/mol. The predicted molar refractivity (Wildman–Crippen MR) is 77.6 cm³/mol. The lowest BCUT2D eigenvalue weighted by molar-refractivity contribution is 0.0654. The first-order chi connectivity index (χ1) is 9.33. The number of ether oxygens (including phenoxy) is 2. The van der Waals surface area contributed by atoms with Gasteiger partial charge in [0.2, 0.25) is 0 Å². The highest BCUT2D eigenvalue weighted by atomic mass is 16.5. The molecule has 3 nitrogen and oxygen atoms in total. The molecule has 1 aromatic rings. The van der Waals surface area contributed by atoms with E-state index in [2.05, 4.69) is 24.4 Å². The van der Waals surface area contributed by atoms with E-state index in [1.54, 1.807) is 7.11 Å². The van der Waals surface area contributed by atoms with Crippen molar-refractivity contribution in [3.8, 4) is 5.75 Å². The van der Waals surface area contributed by atoms with Gasteiger partial charge in [0.25, 0.3) is 0 Å². The molecule has 1 aliphatic heterocycles. The van der Waals surface area contributed by atoms with Gasteiger partial charge in [-0.2, -0.15) is 0 Å². The van der Waals surface area contributed by atoms with Gasteiger partial charge in [0.05, 0.1) is 7.11 Å². The van der Waals surface area contributed by atoms with Gasteiger partial charge in [0.1, 0.15) is 5.75 Å². The van der Waals surface area contributed by atoms with E-state index >= 15 is 0 Å². The van der Waals surface area contributed by atoms with E-state index < -0.39 is 0 Å². The van der Waals surface area contributed by atoms with E-state index in [9.17, 15) is 0 Å². The quantitative estimate of drug-likeness (QED) is 0.855. The van der Waals surface area contributed by atoms with Crippen LogP contribution in [0.2, 0.25) is 0 Å².